The molecule has 0 saturated carbocycles. The van der Waals surface area contributed by atoms with Gasteiger partial charge in [-0.15, -0.1) is 11.6 Å². The van der Waals surface area contributed by atoms with E-state index in [-0.39, 0.29) is 6.04 Å². The van der Waals surface area contributed by atoms with E-state index in [9.17, 15) is 0 Å². The number of imidazole rings is 1. The van der Waals surface area contributed by atoms with Gasteiger partial charge in [0, 0.05) is 13.3 Å². The normalized spacial score (nSPS) is 13.1. The monoisotopic (exact) mass is 287 g/mol. The van der Waals surface area contributed by atoms with Gasteiger partial charge in [-0.05, 0) is 12.5 Å². The predicted octanol–water partition coefficient (Wildman–Crippen LogP) is 3.42. The number of hydrogen-bond acceptors (Lipinski definition) is 3. The predicted molar refractivity (Wildman–Crippen MR) is 73.3 cm³/mol. The maximum atomic E-state index is 5.96. The van der Waals surface area contributed by atoms with Crippen LogP contribution in [0.3, 0.4) is 0 Å². The summed E-state index contributed by atoms with van der Waals surface area (Å²) in [5.41, 5.74) is 1.58. The number of rotatable bonds is 5. The van der Waals surface area contributed by atoms with Crippen molar-refractivity contribution in [2.45, 2.75) is 25.3 Å². The fraction of sp³-hybridized carbons (Fsp3) is 0.500. The molecular weight excluding hydrogens is 273 g/mol. The number of alkyl halides is 1. The standard InChI is InChI=1S/C12H15Cl2N3O/c1-3-9(7-18-2)17-11(5-13)16-10-4-8(14)6-15-12(10)17/h4,6,9H,3,5,7H2,1-2H3. The lowest BCUT2D eigenvalue weighted by Crippen LogP contribution is -2.16. The van der Waals surface area contributed by atoms with Crippen LogP contribution in [0, 0.1) is 0 Å². The number of pyridine rings is 1. The molecule has 0 spiro atoms. The number of fused-ring (bicyclic) bond motifs is 1. The Balaban J connectivity index is 2.58. The Hall–Kier alpha value is -0.840. The van der Waals surface area contributed by atoms with Crippen molar-refractivity contribution in [3.63, 3.8) is 0 Å². The molecule has 2 aromatic heterocycles. The van der Waals surface area contributed by atoms with Gasteiger partial charge in [-0.25, -0.2) is 9.97 Å². The van der Waals surface area contributed by atoms with E-state index in [2.05, 4.69) is 16.9 Å². The first-order valence-electron chi connectivity index (χ1n) is 5.78. The van der Waals surface area contributed by atoms with E-state index < -0.39 is 0 Å². The van der Waals surface area contributed by atoms with Crippen LogP contribution < -0.4 is 0 Å². The lowest BCUT2D eigenvalue weighted by Gasteiger charge is -2.18. The number of ether oxygens (including phenoxy) is 1. The zero-order valence-electron chi connectivity index (χ0n) is 10.4. The molecule has 4 nitrogen and oxygen atoms in total. The molecular formula is C12H15Cl2N3O. The third kappa shape index (κ3) is 2.46. The number of methoxy groups -OCH3 is 1. The molecule has 0 aliphatic carbocycles. The van der Waals surface area contributed by atoms with Crippen molar-refractivity contribution in [3.05, 3.63) is 23.1 Å². The number of aromatic nitrogens is 3. The first kappa shape index (κ1) is 13.6. The Kier molecular flexibility index (Phi) is 4.43. The van der Waals surface area contributed by atoms with Crippen molar-refractivity contribution in [2.75, 3.05) is 13.7 Å². The molecule has 98 valence electrons. The van der Waals surface area contributed by atoms with Gasteiger partial charge >= 0.3 is 0 Å². The number of nitrogens with zero attached hydrogens (tertiary/aromatic N) is 3. The fourth-order valence-electron chi connectivity index (χ4n) is 2.05. The first-order valence-corrected chi connectivity index (χ1v) is 6.69. The van der Waals surface area contributed by atoms with Crippen molar-refractivity contribution < 1.29 is 4.74 Å². The summed E-state index contributed by atoms with van der Waals surface area (Å²) in [4.78, 5) is 8.83. The molecule has 1 atom stereocenters. The molecule has 2 rings (SSSR count). The van der Waals surface area contributed by atoms with E-state index in [4.69, 9.17) is 27.9 Å². The fourth-order valence-corrected chi connectivity index (χ4v) is 2.39. The van der Waals surface area contributed by atoms with Gasteiger partial charge in [-0.1, -0.05) is 18.5 Å². The molecule has 6 heteroatoms. The summed E-state index contributed by atoms with van der Waals surface area (Å²) in [5.74, 6) is 1.14. The Labute approximate surface area is 116 Å². The van der Waals surface area contributed by atoms with Gasteiger partial charge < -0.3 is 9.30 Å². The second kappa shape index (κ2) is 5.87. The molecule has 0 radical (unpaired) electrons. The molecule has 0 N–H and O–H groups in total. The molecule has 0 fully saturated rings. The molecule has 0 aliphatic rings. The van der Waals surface area contributed by atoms with Crippen molar-refractivity contribution in [1.82, 2.24) is 14.5 Å². The minimum Gasteiger partial charge on any atom is -0.383 e. The minimum absolute atomic E-state index is 0.183. The van der Waals surface area contributed by atoms with Crippen molar-refractivity contribution in [1.29, 1.82) is 0 Å². The molecule has 0 aromatic carbocycles. The van der Waals surface area contributed by atoms with Crippen molar-refractivity contribution in [3.8, 4) is 0 Å². The van der Waals surface area contributed by atoms with Crippen LogP contribution in [0.4, 0.5) is 0 Å². The van der Waals surface area contributed by atoms with E-state index >= 15 is 0 Å². The second-order valence-electron chi connectivity index (χ2n) is 4.05. The summed E-state index contributed by atoms with van der Waals surface area (Å²) in [5, 5.41) is 0.577. The van der Waals surface area contributed by atoms with Gasteiger partial charge in [0.05, 0.1) is 23.6 Å². The van der Waals surface area contributed by atoms with Crippen LogP contribution in [0.2, 0.25) is 5.02 Å². The quantitative estimate of drug-likeness (QED) is 0.791. The van der Waals surface area contributed by atoms with E-state index in [1.54, 1.807) is 19.4 Å². The van der Waals surface area contributed by atoms with Crippen molar-refractivity contribution >= 4 is 34.4 Å². The molecule has 2 heterocycles. The van der Waals surface area contributed by atoms with Gasteiger partial charge in [0.2, 0.25) is 0 Å². The van der Waals surface area contributed by atoms with Crippen LogP contribution in [0.25, 0.3) is 11.2 Å². The summed E-state index contributed by atoms with van der Waals surface area (Å²) in [6.45, 7) is 2.71. The molecule has 0 amide bonds. The number of hydrogen-bond donors (Lipinski definition) is 0. The summed E-state index contributed by atoms with van der Waals surface area (Å²) in [6, 6.07) is 1.98. The summed E-state index contributed by atoms with van der Waals surface area (Å²) >= 11 is 11.9. The highest BCUT2D eigenvalue weighted by Crippen LogP contribution is 2.24. The maximum Gasteiger partial charge on any atom is 0.160 e. The zero-order valence-corrected chi connectivity index (χ0v) is 11.9. The third-order valence-electron chi connectivity index (χ3n) is 2.88. The van der Waals surface area contributed by atoms with E-state index in [1.165, 1.54) is 0 Å². The molecule has 18 heavy (non-hydrogen) atoms. The lowest BCUT2D eigenvalue weighted by molar-refractivity contribution is 0.153. The Morgan fingerprint density at radius 2 is 2.28 bits per heavy atom. The van der Waals surface area contributed by atoms with Crippen LogP contribution in [-0.2, 0) is 10.6 Å². The number of halogens is 2. The third-order valence-corrected chi connectivity index (χ3v) is 3.33. The summed E-state index contributed by atoms with van der Waals surface area (Å²) in [7, 11) is 1.69. The molecule has 2 aromatic rings. The molecule has 0 aliphatic heterocycles. The highest BCUT2D eigenvalue weighted by molar-refractivity contribution is 6.31. The summed E-state index contributed by atoms with van der Waals surface area (Å²) < 4.78 is 7.29. The average molecular weight is 288 g/mol. The zero-order chi connectivity index (χ0) is 13.1. The van der Waals surface area contributed by atoms with Crippen molar-refractivity contribution in [2.24, 2.45) is 0 Å². The van der Waals surface area contributed by atoms with E-state index in [1.807, 2.05) is 4.57 Å². The largest absolute Gasteiger partial charge is 0.383 e. The van der Waals surface area contributed by atoms with Gasteiger partial charge in [0.25, 0.3) is 0 Å². The van der Waals surface area contributed by atoms with Gasteiger partial charge in [0.1, 0.15) is 11.3 Å². The van der Waals surface area contributed by atoms with Crippen LogP contribution in [0.1, 0.15) is 25.2 Å². The Bertz CT molecular complexity index is 541. The van der Waals surface area contributed by atoms with Crippen LogP contribution in [-0.4, -0.2) is 28.3 Å². The van der Waals surface area contributed by atoms with Gasteiger partial charge in [-0.2, -0.15) is 0 Å². The van der Waals surface area contributed by atoms with Crippen LogP contribution in [0.15, 0.2) is 12.3 Å². The molecule has 0 saturated heterocycles. The Morgan fingerprint density at radius 1 is 1.50 bits per heavy atom. The van der Waals surface area contributed by atoms with Gasteiger partial charge in [0.15, 0.2) is 5.65 Å². The van der Waals surface area contributed by atoms with Crippen LogP contribution in [0.5, 0.6) is 0 Å². The van der Waals surface area contributed by atoms with Gasteiger partial charge in [-0.3, -0.25) is 0 Å². The van der Waals surface area contributed by atoms with Crippen LogP contribution >= 0.6 is 23.2 Å². The highest BCUT2D eigenvalue weighted by atomic mass is 35.5. The average Bonchev–Trinajstić information content (AvgIpc) is 2.73. The van der Waals surface area contributed by atoms with E-state index in [0.29, 0.717) is 17.5 Å². The SMILES string of the molecule is CCC(COC)n1c(CCl)nc2cc(Cl)cnc21. The summed E-state index contributed by atoms with van der Waals surface area (Å²) in [6.07, 6.45) is 2.55. The smallest absolute Gasteiger partial charge is 0.160 e. The molecule has 0 bridgehead atoms. The first-order chi connectivity index (χ1) is 8.71. The maximum absolute atomic E-state index is 5.96. The Morgan fingerprint density at radius 3 is 2.89 bits per heavy atom. The minimum atomic E-state index is 0.183. The lowest BCUT2D eigenvalue weighted by atomic mass is 10.2. The van der Waals surface area contributed by atoms with E-state index in [0.717, 1.165) is 23.4 Å². The topological polar surface area (TPSA) is 39.9 Å². The highest BCUT2D eigenvalue weighted by Gasteiger charge is 2.18. The second-order valence-corrected chi connectivity index (χ2v) is 4.75. The molecule has 1 unspecified atom stereocenters.